The van der Waals surface area contributed by atoms with Gasteiger partial charge >= 0.3 is 0 Å². The SMILES string of the molecule is Cc1cccc(C(=O)N2CC3CCC(N)C3C2)c1I.Cl. The van der Waals surface area contributed by atoms with Crippen molar-refractivity contribution >= 4 is 40.9 Å². The fourth-order valence-electron chi connectivity index (χ4n) is 3.46. The van der Waals surface area contributed by atoms with Crippen molar-refractivity contribution in [2.24, 2.45) is 17.6 Å². The lowest BCUT2D eigenvalue weighted by Crippen LogP contribution is -2.33. The maximum atomic E-state index is 12.6. The molecule has 1 saturated carbocycles. The quantitative estimate of drug-likeness (QED) is 0.729. The Morgan fingerprint density at radius 3 is 2.80 bits per heavy atom. The summed E-state index contributed by atoms with van der Waals surface area (Å²) in [5.41, 5.74) is 8.15. The second-order valence-corrected chi connectivity index (χ2v) is 6.89. The molecular weight excluding hydrogens is 387 g/mol. The number of hydrogen-bond acceptors (Lipinski definition) is 2. The van der Waals surface area contributed by atoms with Crippen LogP contribution in [0.15, 0.2) is 18.2 Å². The molecule has 1 saturated heterocycles. The van der Waals surface area contributed by atoms with Crippen molar-refractivity contribution in [2.45, 2.75) is 25.8 Å². The summed E-state index contributed by atoms with van der Waals surface area (Å²) in [5, 5.41) is 0. The van der Waals surface area contributed by atoms with E-state index in [-0.39, 0.29) is 18.3 Å². The molecular formula is C15H20ClIN2O. The van der Waals surface area contributed by atoms with Crippen LogP contribution in [0, 0.1) is 22.3 Å². The van der Waals surface area contributed by atoms with Gasteiger partial charge in [-0.1, -0.05) is 12.1 Å². The second kappa shape index (κ2) is 6.20. The Bertz CT molecular complexity index is 523. The van der Waals surface area contributed by atoms with Gasteiger partial charge in [-0.3, -0.25) is 4.79 Å². The van der Waals surface area contributed by atoms with Gasteiger partial charge in [0.05, 0.1) is 5.56 Å². The van der Waals surface area contributed by atoms with Crippen molar-refractivity contribution in [1.82, 2.24) is 4.90 Å². The van der Waals surface area contributed by atoms with Crippen LogP contribution in [0.5, 0.6) is 0 Å². The molecule has 1 aromatic rings. The lowest BCUT2D eigenvalue weighted by molar-refractivity contribution is 0.0778. The van der Waals surface area contributed by atoms with Gasteiger partial charge in [-0.15, -0.1) is 12.4 Å². The third-order valence-corrected chi connectivity index (χ3v) is 6.05. The first-order valence-corrected chi connectivity index (χ1v) is 7.95. The van der Waals surface area contributed by atoms with Gasteiger partial charge in [0.2, 0.25) is 0 Å². The highest BCUT2D eigenvalue weighted by Crippen LogP contribution is 2.37. The van der Waals surface area contributed by atoms with Gasteiger partial charge in [0.25, 0.3) is 5.91 Å². The van der Waals surface area contributed by atoms with E-state index in [4.69, 9.17) is 5.73 Å². The fourth-order valence-corrected chi connectivity index (χ4v) is 4.05. The van der Waals surface area contributed by atoms with Gasteiger partial charge in [-0.25, -0.2) is 0 Å². The monoisotopic (exact) mass is 406 g/mol. The van der Waals surface area contributed by atoms with Crippen molar-refractivity contribution in [3.05, 3.63) is 32.9 Å². The summed E-state index contributed by atoms with van der Waals surface area (Å²) >= 11 is 2.27. The first kappa shape index (κ1) is 16.0. The predicted molar refractivity (Wildman–Crippen MR) is 91.2 cm³/mol. The van der Waals surface area contributed by atoms with Crippen LogP contribution in [0.4, 0.5) is 0 Å². The molecule has 2 fully saturated rings. The van der Waals surface area contributed by atoms with E-state index in [1.54, 1.807) is 0 Å². The molecule has 3 unspecified atom stereocenters. The molecule has 3 rings (SSSR count). The van der Waals surface area contributed by atoms with E-state index in [1.807, 2.05) is 30.0 Å². The van der Waals surface area contributed by atoms with Crippen LogP contribution in [0.3, 0.4) is 0 Å². The number of likely N-dealkylation sites (tertiary alicyclic amines) is 1. The number of rotatable bonds is 1. The lowest BCUT2D eigenvalue weighted by atomic mass is 9.98. The van der Waals surface area contributed by atoms with Gasteiger partial charge in [-0.05, 0) is 65.8 Å². The third kappa shape index (κ3) is 2.70. The number of halogens is 2. The topological polar surface area (TPSA) is 46.3 Å². The normalized spacial score (nSPS) is 28.1. The molecule has 0 aromatic heterocycles. The minimum Gasteiger partial charge on any atom is -0.338 e. The molecule has 1 amide bonds. The summed E-state index contributed by atoms with van der Waals surface area (Å²) in [6.07, 6.45) is 2.31. The third-order valence-electron chi connectivity index (χ3n) is 4.62. The molecule has 110 valence electrons. The Hall–Kier alpha value is -0.330. The summed E-state index contributed by atoms with van der Waals surface area (Å²) in [6.45, 7) is 3.78. The highest BCUT2D eigenvalue weighted by Gasteiger charge is 2.42. The Labute approximate surface area is 139 Å². The molecule has 1 aromatic carbocycles. The van der Waals surface area contributed by atoms with E-state index in [9.17, 15) is 4.79 Å². The maximum Gasteiger partial charge on any atom is 0.254 e. The molecule has 2 aliphatic rings. The van der Waals surface area contributed by atoms with Crippen molar-refractivity contribution < 1.29 is 4.79 Å². The number of hydrogen-bond donors (Lipinski definition) is 1. The number of nitrogens with zero attached hydrogens (tertiary/aromatic N) is 1. The second-order valence-electron chi connectivity index (χ2n) is 5.81. The molecule has 5 heteroatoms. The number of fused-ring (bicyclic) bond motifs is 1. The molecule has 0 spiro atoms. The first-order valence-electron chi connectivity index (χ1n) is 6.88. The smallest absolute Gasteiger partial charge is 0.254 e. The zero-order valence-corrected chi connectivity index (χ0v) is 14.5. The molecule has 1 heterocycles. The first-order chi connectivity index (χ1) is 9.08. The Morgan fingerprint density at radius 1 is 1.35 bits per heavy atom. The number of carbonyl (C=O) groups is 1. The van der Waals surface area contributed by atoms with E-state index in [0.29, 0.717) is 17.9 Å². The molecule has 2 N–H and O–H groups in total. The number of amides is 1. The van der Waals surface area contributed by atoms with Crippen LogP contribution < -0.4 is 5.73 Å². The van der Waals surface area contributed by atoms with Crippen LogP contribution in [0.25, 0.3) is 0 Å². The Morgan fingerprint density at radius 2 is 2.10 bits per heavy atom. The molecule has 1 aliphatic heterocycles. The number of benzene rings is 1. The van der Waals surface area contributed by atoms with Crippen molar-refractivity contribution in [2.75, 3.05) is 13.1 Å². The zero-order valence-electron chi connectivity index (χ0n) is 11.5. The zero-order chi connectivity index (χ0) is 13.6. The molecule has 0 bridgehead atoms. The predicted octanol–water partition coefficient (Wildman–Crippen LogP) is 2.83. The average Bonchev–Trinajstić information content (AvgIpc) is 2.95. The largest absolute Gasteiger partial charge is 0.338 e. The molecule has 20 heavy (non-hydrogen) atoms. The molecule has 3 nitrogen and oxygen atoms in total. The molecule has 1 aliphatic carbocycles. The number of nitrogens with two attached hydrogens (primary N) is 1. The standard InChI is InChI=1S/C15H19IN2O.ClH/c1-9-3-2-4-11(14(9)16)15(19)18-7-10-5-6-13(17)12(10)8-18;/h2-4,10,12-13H,5-8,17H2,1H3;1H. The molecule has 0 radical (unpaired) electrons. The Balaban J connectivity index is 0.00000147. The summed E-state index contributed by atoms with van der Waals surface area (Å²) in [7, 11) is 0. The van der Waals surface area contributed by atoms with Gasteiger partial charge < -0.3 is 10.6 Å². The van der Waals surface area contributed by atoms with Crippen molar-refractivity contribution in [3.8, 4) is 0 Å². The number of aryl methyl sites for hydroxylation is 1. The van der Waals surface area contributed by atoms with Crippen LogP contribution in [-0.2, 0) is 0 Å². The highest BCUT2D eigenvalue weighted by atomic mass is 127. The maximum absolute atomic E-state index is 12.6. The van der Waals surface area contributed by atoms with E-state index in [0.717, 1.165) is 28.6 Å². The van der Waals surface area contributed by atoms with Crippen LogP contribution in [0.2, 0.25) is 0 Å². The van der Waals surface area contributed by atoms with E-state index < -0.39 is 0 Å². The minimum atomic E-state index is 0. The van der Waals surface area contributed by atoms with Crippen LogP contribution >= 0.6 is 35.0 Å². The van der Waals surface area contributed by atoms with E-state index in [2.05, 4.69) is 22.6 Å². The van der Waals surface area contributed by atoms with E-state index >= 15 is 0 Å². The number of carbonyl (C=O) groups excluding carboxylic acids is 1. The molecule has 3 atom stereocenters. The van der Waals surface area contributed by atoms with Crippen molar-refractivity contribution in [3.63, 3.8) is 0 Å². The van der Waals surface area contributed by atoms with Crippen LogP contribution in [0.1, 0.15) is 28.8 Å². The summed E-state index contributed by atoms with van der Waals surface area (Å²) in [5.74, 6) is 1.32. The minimum absolute atomic E-state index is 0. The summed E-state index contributed by atoms with van der Waals surface area (Å²) in [4.78, 5) is 14.6. The average molecular weight is 407 g/mol. The van der Waals surface area contributed by atoms with Gasteiger partial charge in [0, 0.05) is 22.7 Å². The van der Waals surface area contributed by atoms with Gasteiger partial charge in [-0.2, -0.15) is 0 Å². The highest BCUT2D eigenvalue weighted by molar-refractivity contribution is 14.1. The van der Waals surface area contributed by atoms with Gasteiger partial charge in [0.1, 0.15) is 0 Å². The summed E-state index contributed by atoms with van der Waals surface area (Å²) < 4.78 is 1.08. The lowest BCUT2D eigenvalue weighted by Gasteiger charge is -2.20. The van der Waals surface area contributed by atoms with Crippen molar-refractivity contribution in [1.29, 1.82) is 0 Å². The van der Waals surface area contributed by atoms with E-state index in [1.165, 1.54) is 12.0 Å². The fraction of sp³-hybridized carbons (Fsp3) is 0.533. The Kier molecular flexibility index (Phi) is 4.97. The van der Waals surface area contributed by atoms with Crippen LogP contribution in [-0.4, -0.2) is 29.9 Å². The summed E-state index contributed by atoms with van der Waals surface area (Å²) in [6, 6.07) is 6.24. The van der Waals surface area contributed by atoms with Gasteiger partial charge in [0.15, 0.2) is 0 Å².